The Kier molecular flexibility index (Phi) is 3.99. The van der Waals surface area contributed by atoms with Crippen molar-refractivity contribution in [2.75, 3.05) is 0 Å². The van der Waals surface area contributed by atoms with Gasteiger partial charge >= 0.3 is 0 Å². The zero-order chi connectivity index (χ0) is 18.3. The summed E-state index contributed by atoms with van der Waals surface area (Å²) in [6.45, 7) is -0.0298. The number of aromatic nitrogens is 3. The molecular weight excluding hydrogens is 374 g/mol. The van der Waals surface area contributed by atoms with Crippen molar-refractivity contribution in [1.82, 2.24) is 14.8 Å². The van der Waals surface area contributed by atoms with Crippen LogP contribution >= 0.6 is 22.9 Å². The standard InChI is InChI=1S/C18H10ClN3O3S/c19-11-3-4-12-13(8-11)20-15-14(16(12)23)18(25)22(21-17(15)24)6-1-2-10-5-7-26-9-10/h3-5,7-9H,6H2,(H,20,23)(H,21,24). The van der Waals surface area contributed by atoms with Gasteiger partial charge in [0.1, 0.15) is 17.4 Å². The summed E-state index contributed by atoms with van der Waals surface area (Å²) in [6, 6.07) is 6.47. The van der Waals surface area contributed by atoms with E-state index in [1.165, 1.54) is 23.5 Å². The highest BCUT2D eigenvalue weighted by Gasteiger charge is 2.14. The van der Waals surface area contributed by atoms with Crippen molar-refractivity contribution in [3.8, 4) is 11.8 Å². The molecule has 0 atom stereocenters. The Balaban J connectivity index is 1.93. The van der Waals surface area contributed by atoms with Crippen LogP contribution in [-0.2, 0) is 6.54 Å². The maximum absolute atomic E-state index is 12.7. The Hall–Kier alpha value is -3.08. The maximum Gasteiger partial charge on any atom is 0.287 e. The van der Waals surface area contributed by atoms with Crippen molar-refractivity contribution in [2.45, 2.75) is 6.54 Å². The van der Waals surface area contributed by atoms with Crippen LogP contribution in [0, 0.1) is 11.8 Å². The van der Waals surface area contributed by atoms with Gasteiger partial charge in [0.2, 0.25) is 5.43 Å². The molecule has 4 rings (SSSR count). The highest BCUT2D eigenvalue weighted by molar-refractivity contribution is 7.08. The van der Waals surface area contributed by atoms with E-state index in [-0.39, 0.29) is 17.4 Å². The molecule has 0 radical (unpaired) electrons. The van der Waals surface area contributed by atoms with Gasteiger partial charge in [0.25, 0.3) is 11.1 Å². The quantitative estimate of drug-likeness (QED) is 0.390. The van der Waals surface area contributed by atoms with Crippen molar-refractivity contribution in [1.29, 1.82) is 0 Å². The van der Waals surface area contributed by atoms with Gasteiger partial charge in [0, 0.05) is 21.4 Å². The minimum absolute atomic E-state index is 0.0298. The van der Waals surface area contributed by atoms with Gasteiger partial charge in [0.05, 0.1) is 5.52 Å². The average Bonchev–Trinajstić information content (AvgIpc) is 3.12. The normalized spacial score (nSPS) is 10.8. The summed E-state index contributed by atoms with van der Waals surface area (Å²) >= 11 is 7.44. The van der Waals surface area contributed by atoms with E-state index in [4.69, 9.17) is 11.6 Å². The molecule has 3 aromatic heterocycles. The van der Waals surface area contributed by atoms with E-state index in [1.807, 2.05) is 16.8 Å². The number of rotatable bonds is 1. The summed E-state index contributed by atoms with van der Waals surface area (Å²) in [5.41, 5.74) is -0.534. The molecule has 6 nitrogen and oxygen atoms in total. The first-order valence-corrected chi connectivity index (χ1v) is 8.86. The molecule has 2 N–H and O–H groups in total. The third-order valence-electron chi connectivity index (χ3n) is 3.88. The van der Waals surface area contributed by atoms with E-state index >= 15 is 0 Å². The van der Waals surface area contributed by atoms with Gasteiger partial charge in [-0.15, -0.1) is 0 Å². The Labute approximate surface area is 154 Å². The molecule has 4 aromatic rings. The number of nitrogens with one attached hydrogen (secondary N) is 2. The number of thiophene rings is 1. The van der Waals surface area contributed by atoms with E-state index in [9.17, 15) is 14.4 Å². The molecule has 26 heavy (non-hydrogen) atoms. The molecule has 0 aliphatic heterocycles. The van der Waals surface area contributed by atoms with Crippen LogP contribution in [0.3, 0.4) is 0 Å². The fourth-order valence-corrected chi connectivity index (χ4v) is 3.43. The van der Waals surface area contributed by atoms with Crippen molar-refractivity contribution < 1.29 is 0 Å². The zero-order valence-electron chi connectivity index (χ0n) is 13.1. The fraction of sp³-hybridized carbons (Fsp3) is 0.0556. The lowest BCUT2D eigenvalue weighted by molar-refractivity contribution is 0.659. The molecule has 8 heteroatoms. The topological polar surface area (TPSA) is 87.7 Å². The summed E-state index contributed by atoms with van der Waals surface area (Å²) in [6.07, 6.45) is 0. The average molecular weight is 384 g/mol. The molecule has 0 spiro atoms. The molecule has 0 unspecified atom stereocenters. The highest BCUT2D eigenvalue weighted by atomic mass is 35.5. The van der Waals surface area contributed by atoms with Gasteiger partial charge in [0.15, 0.2) is 0 Å². The number of hydrogen-bond acceptors (Lipinski definition) is 4. The van der Waals surface area contributed by atoms with Gasteiger partial charge in [-0.3, -0.25) is 19.5 Å². The molecule has 0 bridgehead atoms. The Morgan fingerprint density at radius 1 is 1.19 bits per heavy atom. The lowest BCUT2D eigenvalue weighted by Crippen LogP contribution is -2.33. The Morgan fingerprint density at radius 2 is 2.04 bits per heavy atom. The summed E-state index contributed by atoms with van der Waals surface area (Å²) in [4.78, 5) is 40.6. The molecule has 0 saturated carbocycles. The first-order chi connectivity index (χ1) is 12.5. The number of halogens is 1. The number of aromatic amines is 2. The van der Waals surface area contributed by atoms with E-state index < -0.39 is 16.5 Å². The van der Waals surface area contributed by atoms with Crippen molar-refractivity contribution in [3.63, 3.8) is 0 Å². The monoisotopic (exact) mass is 383 g/mol. The molecular formula is C18H10ClN3O3S. The second-order valence-electron chi connectivity index (χ2n) is 5.54. The predicted molar refractivity (Wildman–Crippen MR) is 103 cm³/mol. The minimum atomic E-state index is -0.600. The van der Waals surface area contributed by atoms with E-state index in [2.05, 4.69) is 21.9 Å². The number of pyridine rings is 1. The SMILES string of the molecule is O=c1[nH]n(CC#Cc2ccsc2)c(=O)c2c(=O)c3ccc(Cl)cc3[nH]c12. The smallest absolute Gasteiger partial charge is 0.287 e. The molecule has 128 valence electrons. The molecule has 1 aromatic carbocycles. The third-order valence-corrected chi connectivity index (χ3v) is 4.79. The first kappa shape index (κ1) is 16.4. The van der Waals surface area contributed by atoms with Gasteiger partial charge in [-0.05, 0) is 29.6 Å². The highest BCUT2D eigenvalue weighted by Crippen LogP contribution is 2.16. The van der Waals surface area contributed by atoms with E-state index in [1.54, 1.807) is 6.07 Å². The summed E-state index contributed by atoms with van der Waals surface area (Å²) in [5, 5.41) is 6.74. The Bertz CT molecular complexity index is 1390. The molecule has 0 fully saturated rings. The van der Waals surface area contributed by atoms with E-state index in [0.717, 1.165) is 10.2 Å². The van der Waals surface area contributed by atoms with Gasteiger partial charge in [-0.2, -0.15) is 11.3 Å². The predicted octanol–water partition coefficient (Wildman–Crippen LogP) is 2.30. The van der Waals surface area contributed by atoms with Crippen LogP contribution in [0.4, 0.5) is 0 Å². The summed E-state index contributed by atoms with van der Waals surface area (Å²) in [7, 11) is 0. The Morgan fingerprint density at radius 3 is 2.81 bits per heavy atom. The second kappa shape index (κ2) is 6.33. The lowest BCUT2D eigenvalue weighted by Gasteiger charge is -2.05. The number of benzene rings is 1. The minimum Gasteiger partial charge on any atom is -0.350 e. The molecule has 0 aliphatic carbocycles. The van der Waals surface area contributed by atoms with Crippen LogP contribution < -0.4 is 16.5 Å². The van der Waals surface area contributed by atoms with E-state index in [0.29, 0.717) is 15.9 Å². The molecule has 3 heterocycles. The van der Waals surface area contributed by atoms with Gasteiger partial charge < -0.3 is 4.98 Å². The first-order valence-electron chi connectivity index (χ1n) is 7.54. The maximum atomic E-state index is 12.7. The number of nitrogens with zero attached hydrogens (tertiary/aromatic N) is 1. The summed E-state index contributed by atoms with van der Waals surface area (Å²) < 4.78 is 1.04. The number of hydrogen-bond donors (Lipinski definition) is 2. The van der Waals surface area contributed by atoms with Crippen molar-refractivity contribution in [3.05, 3.63) is 76.5 Å². The van der Waals surface area contributed by atoms with Crippen LogP contribution in [0.15, 0.2) is 49.4 Å². The third kappa shape index (κ3) is 2.75. The number of H-pyrrole nitrogens is 2. The van der Waals surface area contributed by atoms with Crippen LogP contribution in [0.2, 0.25) is 5.02 Å². The largest absolute Gasteiger partial charge is 0.350 e. The van der Waals surface area contributed by atoms with Crippen LogP contribution in [0.1, 0.15) is 5.56 Å². The molecule has 0 saturated heterocycles. The van der Waals surface area contributed by atoms with Crippen LogP contribution in [0.5, 0.6) is 0 Å². The molecule has 0 amide bonds. The number of fused-ring (bicyclic) bond motifs is 2. The summed E-state index contributed by atoms with van der Waals surface area (Å²) in [5.74, 6) is 5.72. The lowest BCUT2D eigenvalue weighted by atomic mass is 10.1. The van der Waals surface area contributed by atoms with Gasteiger partial charge in [-0.25, -0.2) is 4.68 Å². The van der Waals surface area contributed by atoms with Crippen molar-refractivity contribution >= 4 is 44.7 Å². The van der Waals surface area contributed by atoms with Crippen molar-refractivity contribution in [2.24, 2.45) is 0 Å². The fourth-order valence-electron chi connectivity index (χ4n) is 2.67. The van der Waals surface area contributed by atoms with Crippen LogP contribution in [0.25, 0.3) is 21.8 Å². The van der Waals surface area contributed by atoms with Crippen LogP contribution in [-0.4, -0.2) is 14.8 Å². The zero-order valence-corrected chi connectivity index (χ0v) is 14.7. The molecule has 0 aliphatic rings. The van der Waals surface area contributed by atoms with Gasteiger partial charge in [-0.1, -0.05) is 23.4 Å². The second-order valence-corrected chi connectivity index (χ2v) is 6.76.